The van der Waals surface area contributed by atoms with Gasteiger partial charge in [-0.25, -0.2) is 0 Å². The van der Waals surface area contributed by atoms with Gasteiger partial charge in [-0.3, -0.25) is 4.90 Å². The van der Waals surface area contributed by atoms with Gasteiger partial charge in [0, 0.05) is 38.1 Å². The van der Waals surface area contributed by atoms with E-state index >= 15 is 0 Å². The molecule has 3 rings (SSSR count). The number of thiophene rings is 1. The molecule has 1 aliphatic rings. The molecule has 1 fully saturated rings. The van der Waals surface area contributed by atoms with E-state index in [1.54, 1.807) is 17.4 Å². The molecule has 2 aromatic rings. The summed E-state index contributed by atoms with van der Waals surface area (Å²) in [6.45, 7) is 5.36. The lowest BCUT2D eigenvalue weighted by Gasteiger charge is -2.26. The summed E-state index contributed by atoms with van der Waals surface area (Å²) in [7, 11) is 0. The highest BCUT2D eigenvalue weighted by Crippen LogP contribution is 2.33. The van der Waals surface area contributed by atoms with Crippen LogP contribution in [0.5, 0.6) is 5.75 Å². The Morgan fingerprint density at radius 1 is 1.29 bits per heavy atom. The topological polar surface area (TPSA) is 35.5 Å². The molecule has 0 amide bonds. The Labute approximate surface area is 105 Å². The van der Waals surface area contributed by atoms with E-state index in [0.29, 0.717) is 5.75 Å². The third-order valence-corrected chi connectivity index (χ3v) is 4.33. The maximum atomic E-state index is 9.78. The van der Waals surface area contributed by atoms with Gasteiger partial charge >= 0.3 is 0 Å². The zero-order valence-corrected chi connectivity index (χ0v) is 10.5. The summed E-state index contributed by atoms with van der Waals surface area (Å²) in [5, 5.41) is 16.5. The molecule has 2 N–H and O–H groups in total. The first-order valence-electron chi connectivity index (χ1n) is 5.96. The number of rotatable bonds is 2. The molecule has 0 atom stereocenters. The standard InChI is InChI=1S/C13H16N2OS/c16-12-3-1-2-11-10(9-17-13(11)12)8-15-6-4-14-5-7-15/h1-3,9,14,16H,4-8H2. The Kier molecular flexibility index (Phi) is 3.01. The number of nitrogens with zero attached hydrogens (tertiary/aromatic N) is 1. The molecule has 17 heavy (non-hydrogen) atoms. The van der Waals surface area contributed by atoms with Crippen LogP contribution >= 0.6 is 11.3 Å². The first-order chi connectivity index (χ1) is 8.34. The summed E-state index contributed by atoms with van der Waals surface area (Å²) in [4.78, 5) is 2.46. The van der Waals surface area contributed by atoms with Crippen LogP contribution in [0.2, 0.25) is 0 Å². The van der Waals surface area contributed by atoms with Crippen molar-refractivity contribution in [2.45, 2.75) is 6.54 Å². The first kappa shape index (κ1) is 11.0. The van der Waals surface area contributed by atoms with Gasteiger partial charge < -0.3 is 10.4 Å². The molecule has 0 unspecified atom stereocenters. The lowest BCUT2D eigenvalue weighted by molar-refractivity contribution is 0.234. The van der Waals surface area contributed by atoms with E-state index in [4.69, 9.17) is 0 Å². The highest BCUT2D eigenvalue weighted by molar-refractivity contribution is 7.17. The Hall–Kier alpha value is -1.10. The predicted molar refractivity (Wildman–Crippen MR) is 71.6 cm³/mol. The SMILES string of the molecule is Oc1cccc2c(CN3CCNCC3)csc12. The van der Waals surface area contributed by atoms with Gasteiger partial charge in [-0.1, -0.05) is 12.1 Å². The molecule has 3 nitrogen and oxygen atoms in total. The van der Waals surface area contributed by atoms with E-state index in [2.05, 4.69) is 21.7 Å². The van der Waals surface area contributed by atoms with Crippen LogP contribution in [0.3, 0.4) is 0 Å². The summed E-state index contributed by atoms with van der Waals surface area (Å²) in [6.07, 6.45) is 0. The van der Waals surface area contributed by atoms with Crippen molar-refractivity contribution < 1.29 is 5.11 Å². The fourth-order valence-electron chi connectivity index (χ4n) is 2.33. The van der Waals surface area contributed by atoms with E-state index in [9.17, 15) is 5.11 Å². The van der Waals surface area contributed by atoms with Crippen molar-refractivity contribution in [3.63, 3.8) is 0 Å². The Bertz CT molecular complexity index is 517. The van der Waals surface area contributed by atoms with Crippen molar-refractivity contribution in [1.82, 2.24) is 10.2 Å². The molecular formula is C13H16N2OS. The highest BCUT2D eigenvalue weighted by Gasteiger charge is 2.13. The van der Waals surface area contributed by atoms with Gasteiger partial charge in [0.2, 0.25) is 0 Å². The predicted octanol–water partition coefficient (Wildman–Crippen LogP) is 2.01. The van der Waals surface area contributed by atoms with Crippen molar-refractivity contribution in [2.75, 3.05) is 26.2 Å². The molecular weight excluding hydrogens is 232 g/mol. The highest BCUT2D eigenvalue weighted by atomic mass is 32.1. The Morgan fingerprint density at radius 2 is 2.12 bits per heavy atom. The quantitative estimate of drug-likeness (QED) is 0.853. The van der Waals surface area contributed by atoms with E-state index in [-0.39, 0.29) is 0 Å². The number of phenols is 1. The second kappa shape index (κ2) is 4.64. The fourth-order valence-corrected chi connectivity index (χ4v) is 3.30. The molecule has 0 spiro atoms. The maximum absolute atomic E-state index is 9.78. The van der Waals surface area contributed by atoms with Crippen LogP contribution < -0.4 is 5.32 Å². The molecule has 0 radical (unpaired) electrons. The third kappa shape index (κ3) is 2.16. The molecule has 4 heteroatoms. The molecule has 1 saturated heterocycles. The number of hydrogen-bond acceptors (Lipinski definition) is 4. The minimum atomic E-state index is 0.402. The van der Waals surface area contributed by atoms with Crippen LogP contribution in [0.15, 0.2) is 23.6 Å². The number of piperazine rings is 1. The van der Waals surface area contributed by atoms with Gasteiger partial charge in [-0.05, 0) is 17.0 Å². The average Bonchev–Trinajstić information content (AvgIpc) is 2.76. The van der Waals surface area contributed by atoms with Crippen LogP contribution in [0.4, 0.5) is 0 Å². The number of fused-ring (bicyclic) bond motifs is 1. The van der Waals surface area contributed by atoms with E-state index in [1.807, 2.05) is 6.07 Å². The van der Waals surface area contributed by atoms with Crippen LogP contribution in [0.1, 0.15) is 5.56 Å². The van der Waals surface area contributed by atoms with Gasteiger partial charge in [-0.2, -0.15) is 0 Å². The molecule has 0 aliphatic carbocycles. The lowest BCUT2D eigenvalue weighted by atomic mass is 10.1. The number of aromatic hydroxyl groups is 1. The molecule has 0 bridgehead atoms. The summed E-state index contributed by atoms with van der Waals surface area (Å²) < 4.78 is 1.01. The van der Waals surface area contributed by atoms with Crippen LogP contribution in [0.25, 0.3) is 10.1 Å². The van der Waals surface area contributed by atoms with Gasteiger partial charge in [-0.15, -0.1) is 11.3 Å². The summed E-state index contributed by atoms with van der Waals surface area (Å²) in [5.41, 5.74) is 1.34. The van der Waals surface area contributed by atoms with Crippen molar-refractivity contribution in [2.24, 2.45) is 0 Å². The van der Waals surface area contributed by atoms with Gasteiger partial charge in [0.15, 0.2) is 0 Å². The third-order valence-electron chi connectivity index (χ3n) is 3.26. The van der Waals surface area contributed by atoms with E-state index < -0.39 is 0 Å². The zero-order valence-electron chi connectivity index (χ0n) is 9.65. The summed E-state index contributed by atoms with van der Waals surface area (Å²) in [6, 6.07) is 5.78. The summed E-state index contributed by atoms with van der Waals surface area (Å²) >= 11 is 1.64. The van der Waals surface area contributed by atoms with E-state index in [1.165, 1.54) is 10.9 Å². The van der Waals surface area contributed by atoms with Gasteiger partial charge in [0.1, 0.15) is 5.75 Å². The van der Waals surface area contributed by atoms with Gasteiger partial charge in [0.05, 0.1) is 4.70 Å². The maximum Gasteiger partial charge on any atom is 0.133 e. The fraction of sp³-hybridized carbons (Fsp3) is 0.385. The zero-order chi connectivity index (χ0) is 11.7. The van der Waals surface area contributed by atoms with Crippen molar-refractivity contribution >= 4 is 21.4 Å². The minimum Gasteiger partial charge on any atom is -0.506 e. The smallest absolute Gasteiger partial charge is 0.133 e. The van der Waals surface area contributed by atoms with Crippen LogP contribution in [-0.4, -0.2) is 36.2 Å². The molecule has 1 aromatic heterocycles. The average molecular weight is 248 g/mol. The molecule has 1 aliphatic heterocycles. The molecule has 0 saturated carbocycles. The van der Waals surface area contributed by atoms with E-state index in [0.717, 1.165) is 37.4 Å². The molecule has 1 aromatic carbocycles. The molecule has 2 heterocycles. The lowest BCUT2D eigenvalue weighted by Crippen LogP contribution is -2.42. The Balaban J connectivity index is 1.87. The second-order valence-corrected chi connectivity index (χ2v) is 5.32. The minimum absolute atomic E-state index is 0.402. The number of benzene rings is 1. The van der Waals surface area contributed by atoms with Crippen molar-refractivity contribution in [3.05, 3.63) is 29.1 Å². The molecule has 90 valence electrons. The van der Waals surface area contributed by atoms with Crippen LogP contribution in [-0.2, 0) is 6.54 Å². The number of nitrogens with one attached hydrogen (secondary N) is 1. The van der Waals surface area contributed by atoms with Crippen molar-refractivity contribution in [1.29, 1.82) is 0 Å². The Morgan fingerprint density at radius 3 is 2.94 bits per heavy atom. The van der Waals surface area contributed by atoms with Gasteiger partial charge in [0.25, 0.3) is 0 Å². The second-order valence-electron chi connectivity index (χ2n) is 4.44. The monoisotopic (exact) mass is 248 g/mol. The number of phenolic OH excluding ortho intramolecular Hbond substituents is 1. The largest absolute Gasteiger partial charge is 0.506 e. The van der Waals surface area contributed by atoms with Crippen LogP contribution in [0, 0.1) is 0 Å². The number of hydrogen-bond donors (Lipinski definition) is 2. The first-order valence-corrected chi connectivity index (χ1v) is 6.84. The summed E-state index contributed by atoms with van der Waals surface area (Å²) in [5.74, 6) is 0.402. The normalized spacial score (nSPS) is 17.6. The van der Waals surface area contributed by atoms with Crippen molar-refractivity contribution in [3.8, 4) is 5.75 Å².